The van der Waals surface area contributed by atoms with Gasteiger partial charge in [0, 0.05) is 28.4 Å². The van der Waals surface area contributed by atoms with E-state index in [0.29, 0.717) is 0 Å². The van der Waals surface area contributed by atoms with Crippen LogP contribution in [0.1, 0.15) is 0 Å². The molecule has 0 saturated heterocycles. The maximum Gasteiger partial charge on any atom is 0.0627 e. The molecular weight excluding hydrogens is 236 g/mol. The van der Waals surface area contributed by atoms with Gasteiger partial charge in [-0.2, -0.15) is 0 Å². The van der Waals surface area contributed by atoms with Gasteiger partial charge in [-0.15, -0.1) is 0 Å². The molecule has 0 bridgehead atoms. The van der Waals surface area contributed by atoms with Crippen molar-refractivity contribution in [1.82, 2.24) is 0 Å². The quantitative estimate of drug-likeness (QED) is 0.258. The zero-order valence-electron chi connectivity index (χ0n) is 10.9. The van der Waals surface area contributed by atoms with Crippen LogP contribution >= 0.6 is 0 Å². The van der Waals surface area contributed by atoms with Crippen LogP contribution in [0.3, 0.4) is 0 Å². The lowest BCUT2D eigenvalue weighted by molar-refractivity contribution is -0.0328. The molecule has 0 saturated carbocycles. The first-order valence-electron chi connectivity index (χ1n) is 4.47. The zero-order chi connectivity index (χ0) is 15.3. The second-order valence-corrected chi connectivity index (χ2v) is 2.13. The van der Waals surface area contributed by atoms with Crippen LogP contribution in [-0.4, -0.2) is 95.7 Å². The zero-order valence-corrected chi connectivity index (χ0v) is 10.9. The topological polar surface area (TPSA) is 162 Å². The van der Waals surface area contributed by atoms with Crippen molar-refractivity contribution >= 4 is 0 Å². The van der Waals surface area contributed by atoms with Crippen molar-refractivity contribution in [3.05, 3.63) is 0 Å². The van der Waals surface area contributed by atoms with E-state index in [-0.39, 0.29) is 0 Å². The predicted molar refractivity (Wildman–Crippen MR) is 63.3 cm³/mol. The summed E-state index contributed by atoms with van der Waals surface area (Å²) in [6.45, 7) is -1.62. The molecule has 17 heavy (non-hydrogen) atoms. The Bertz CT molecular complexity index is 59.9. The molecule has 0 rings (SSSR count). The fraction of sp³-hybridized carbons (Fsp3) is 1.00. The fourth-order valence-corrected chi connectivity index (χ4v) is 0.300. The molecule has 112 valence electrons. The number of rotatable bonds is 4. The molecule has 0 aliphatic carbocycles. The predicted octanol–water partition coefficient (Wildman–Crippen LogP) is -3.62. The van der Waals surface area contributed by atoms with Gasteiger partial charge in [-0.1, -0.05) is 0 Å². The summed E-state index contributed by atoms with van der Waals surface area (Å²) >= 11 is 0. The minimum absolute atomic E-state index is 0.406. The Labute approximate surface area is 102 Å². The molecular formula is C9H28O8. The van der Waals surface area contributed by atoms with Gasteiger partial charge in [-0.05, 0) is 0 Å². The van der Waals surface area contributed by atoms with Crippen molar-refractivity contribution in [2.45, 2.75) is 0 Å². The van der Waals surface area contributed by atoms with Crippen LogP contribution in [0.4, 0.5) is 0 Å². The maximum absolute atomic E-state index is 8.50. The molecule has 0 spiro atoms. The lowest BCUT2D eigenvalue weighted by Gasteiger charge is -2.23. The van der Waals surface area contributed by atoms with Gasteiger partial charge < -0.3 is 40.9 Å². The van der Waals surface area contributed by atoms with Crippen LogP contribution in [0.2, 0.25) is 0 Å². The van der Waals surface area contributed by atoms with Gasteiger partial charge in [0.15, 0.2) is 0 Å². The van der Waals surface area contributed by atoms with E-state index < -0.39 is 31.8 Å². The molecule has 0 heterocycles. The number of hydrogen-bond acceptors (Lipinski definition) is 8. The molecule has 0 aromatic rings. The van der Waals surface area contributed by atoms with E-state index in [1.54, 1.807) is 0 Å². The highest BCUT2D eigenvalue weighted by molar-refractivity contribution is 4.74. The van der Waals surface area contributed by atoms with Gasteiger partial charge in [0.05, 0.1) is 31.8 Å². The molecule has 0 unspecified atom stereocenters. The van der Waals surface area contributed by atoms with Crippen molar-refractivity contribution in [3.8, 4) is 0 Å². The van der Waals surface area contributed by atoms with E-state index in [2.05, 4.69) is 0 Å². The molecule has 0 atom stereocenters. The Balaban J connectivity index is -0.0000000507. The van der Waals surface area contributed by atoms with Gasteiger partial charge in [0.2, 0.25) is 0 Å². The van der Waals surface area contributed by atoms with E-state index in [1.165, 1.54) is 0 Å². The Morgan fingerprint density at radius 2 is 0.588 bits per heavy atom. The van der Waals surface area contributed by atoms with Gasteiger partial charge in [0.25, 0.3) is 0 Å². The summed E-state index contributed by atoms with van der Waals surface area (Å²) in [7, 11) is 4.00. The van der Waals surface area contributed by atoms with Crippen LogP contribution in [0, 0.1) is 5.41 Å². The van der Waals surface area contributed by atoms with E-state index in [0.717, 1.165) is 28.4 Å². The third kappa shape index (κ3) is 21.5. The number of hydrogen-bond donors (Lipinski definition) is 8. The van der Waals surface area contributed by atoms with Gasteiger partial charge in [0.1, 0.15) is 0 Å². The van der Waals surface area contributed by atoms with Gasteiger partial charge >= 0.3 is 0 Å². The summed E-state index contributed by atoms with van der Waals surface area (Å²) < 4.78 is 0. The van der Waals surface area contributed by atoms with Crippen molar-refractivity contribution in [1.29, 1.82) is 0 Å². The molecule has 0 aliphatic heterocycles. The Morgan fingerprint density at radius 1 is 0.471 bits per heavy atom. The first-order chi connectivity index (χ1) is 8.24. The van der Waals surface area contributed by atoms with Crippen LogP contribution in [0.5, 0.6) is 0 Å². The highest BCUT2D eigenvalue weighted by Crippen LogP contribution is 2.11. The SMILES string of the molecule is CO.CO.CO.CO.OCC(CO)(CO)CO. The van der Waals surface area contributed by atoms with E-state index in [4.69, 9.17) is 40.9 Å². The summed E-state index contributed by atoms with van der Waals surface area (Å²) in [6, 6.07) is 0. The third-order valence-electron chi connectivity index (χ3n) is 1.34. The van der Waals surface area contributed by atoms with Crippen LogP contribution in [-0.2, 0) is 0 Å². The summed E-state index contributed by atoms with van der Waals surface area (Å²) in [5, 5.41) is 62.0. The normalized spacial score (nSPS) is 7.76. The average Bonchev–Trinajstić information content (AvgIpc) is 2.50. The van der Waals surface area contributed by atoms with Crippen LogP contribution in [0.15, 0.2) is 0 Å². The smallest absolute Gasteiger partial charge is 0.0627 e. The average molecular weight is 264 g/mol. The summed E-state index contributed by atoms with van der Waals surface area (Å²) in [5.41, 5.74) is -1.11. The lowest BCUT2D eigenvalue weighted by Crippen LogP contribution is -2.37. The van der Waals surface area contributed by atoms with Crippen molar-refractivity contribution in [3.63, 3.8) is 0 Å². The van der Waals surface area contributed by atoms with Crippen LogP contribution in [0.25, 0.3) is 0 Å². The Hall–Kier alpha value is -0.320. The summed E-state index contributed by atoms with van der Waals surface area (Å²) in [4.78, 5) is 0. The first kappa shape index (κ1) is 30.1. The molecule has 8 nitrogen and oxygen atoms in total. The third-order valence-corrected chi connectivity index (χ3v) is 1.34. The minimum atomic E-state index is -1.11. The first-order valence-corrected chi connectivity index (χ1v) is 4.47. The van der Waals surface area contributed by atoms with Crippen molar-refractivity contribution in [2.75, 3.05) is 54.9 Å². The minimum Gasteiger partial charge on any atom is -0.400 e. The molecule has 0 aliphatic rings. The van der Waals surface area contributed by atoms with Crippen LogP contribution < -0.4 is 0 Å². The molecule has 0 aromatic carbocycles. The lowest BCUT2D eigenvalue weighted by atomic mass is 9.93. The van der Waals surface area contributed by atoms with Gasteiger partial charge in [-0.25, -0.2) is 0 Å². The fourth-order valence-electron chi connectivity index (χ4n) is 0.300. The number of aliphatic hydroxyl groups is 8. The molecule has 0 amide bonds. The maximum atomic E-state index is 8.50. The van der Waals surface area contributed by atoms with E-state index >= 15 is 0 Å². The molecule has 0 fully saturated rings. The van der Waals surface area contributed by atoms with Crippen molar-refractivity contribution in [2.24, 2.45) is 5.41 Å². The summed E-state index contributed by atoms with van der Waals surface area (Å²) in [5.74, 6) is 0. The Morgan fingerprint density at radius 3 is 0.588 bits per heavy atom. The second kappa shape index (κ2) is 36.1. The highest BCUT2D eigenvalue weighted by atomic mass is 16.3. The largest absolute Gasteiger partial charge is 0.400 e. The second-order valence-electron chi connectivity index (χ2n) is 2.13. The standard InChI is InChI=1S/C5H12O4.4CH4O/c6-1-5(2-7,3-8)4-9;4*1-2/h6-9H,1-4H2;4*2H,1H3. The van der Waals surface area contributed by atoms with E-state index in [9.17, 15) is 0 Å². The van der Waals surface area contributed by atoms with Crippen molar-refractivity contribution < 1.29 is 40.9 Å². The molecule has 0 radical (unpaired) electrons. The molecule has 8 heteroatoms. The highest BCUT2D eigenvalue weighted by Gasteiger charge is 2.26. The summed E-state index contributed by atoms with van der Waals surface area (Å²) in [6.07, 6.45) is 0. The Kier molecular flexibility index (Phi) is 63.8. The monoisotopic (exact) mass is 264 g/mol. The van der Waals surface area contributed by atoms with Gasteiger partial charge in [-0.3, -0.25) is 0 Å². The molecule has 8 N–H and O–H groups in total. The van der Waals surface area contributed by atoms with E-state index in [1.807, 2.05) is 0 Å². The number of aliphatic hydroxyl groups excluding tert-OH is 8. The molecule has 0 aromatic heterocycles.